The van der Waals surface area contributed by atoms with E-state index < -0.39 is 11.9 Å². The van der Waals surface area contributed by atoms with Crippen LogP contribution in [-0.2, 0) is 16.1 Å². The van der Waals surface area contributed by atoms with Crippen LogP contribution in [0.15, 0.2) is 42.5 Å². The second-order valence-electron chi connectivity index (χ2n) is 5.19. The highest BCUT2D eigenvalue weighted by atomic mass is 16.4. The number of carbonyl (C=O) groups excluding carboxylic acids is 1. The quantitative estimate of drug-likeness (QED) is 0.894. The Hall–Kier alpha value is -2.36. The topological polar surface area (TPSA) is 66.4 Å². The highest BCUT2D eigenvalue weighted by Crippen LogP contribution is 2.38. The fourth-order valence-electron chi connectivity index (χ4n) is 2.43. The molecular formula is C16H15NO3. The lowest BCUT2D eigenvalue weighted by Gasteiger charge is -2.06. The standard InChI is InChI=1S/C16H15NO3/c18-15(13-8-14(13)16(19)20)17-9-10-5-6-11-3-1-2-4-12(11)7-10/h1-7,13-14H,8-9H2,(H,17,18)(H,19,20). The molecule has 0 aromatic heterocycles. The summed E-state index contributed by atoms with van der Waals surface area (Å²) < 4.78 is 0. The molecule has 0 bridgehead atoms. The van der Waals surface area contributed by atoms with Gasteiger partial charge in [-0.15, -0.1) is 0 Å². The van der Waals surface area contributed by atoms with Gasteiger partial charge in [-0.1, -0.05) is 36.4 Å². The average molecular weight is 269 g/mol. The summed E-state index contributed by atoms with van der Waals surface area (Å²) in [5.41, 5.74) is 1.02. The molecule has 0 saturated heterocycles. The number of aliphatic carboxylic acids is 1. The fourth-order valence-corrected chi connectivity index (χ4v) is 2.43. The van der Waals surface area contributed by atoms with Crippen LogP contribution in [0.25, 0.3) is 10.8 Å². The van der Waals surface area contributed by atoms with E-state index in [9.17, 15) is 9.59 Å². The van der Waals surface area contributed by atoms with E-state index in [2.05, 4.69) is 5.32 Å². The van der Waals surface area contributed by atoms with Crippen molar-refractivity contribution in [2.45, 2.75) is 13.0 Å². The molecule has 4 nitrogen and oxygen atoms in total. The highest BCUT2D eigenvalue weighted by Gasteiger charge is 2.48. The molecule has 1 amide bonds. The maximum absolute atomic E-state index is 11.8. The zero-order valence-electron chi connectivity index (χ0n) is 10.9. The molecule has 4 heteroatoms. The smallest absolute Gasteiger partial charge is 0.307 e. The van der Waals surface area contributed by atoms with Crippen LogP contribution in [0.1, 0.15) is 12.0 Å². The molecule has 0 heterocycles. The molecule has 2 aromatic carbocycles. The van der Waals surface area contributed by atoms with Crippen molar-refractivity contribution in [2.24, 2.45) is 11.8 Å². The molecule has 102 valence electrons. The van der Waals surface area contributed by atoms with Gasteiger partial charge in [0.05, 0.1) is 11.8 Å². The first-order valence-corrected chi connectivity index (χ1v) is 6.63. The van der Waals surface area contributed by atoms with Crippen LogP contribution in [0.2, 0.25) is 0 Å². The average Bonchev–Trinajstić information content (AvgIpc) is 3.25. The van der Waals surface area contributed by atoms with E-state index in [-0.39, 0.29) is 11.8 Å². The van der Waals surface area contributed by atoms with Gasteiger partial charge in [-0.3, -0.25) is 9.59 Å². The lowest BCUT2D eigenvalue weighted by Crippen LogP contribution is -2.25. The minimum atomic E-state index is -0.879. The summed E-state index contributed by atoms with van der Waals surface area (Å²) in [5.74, 6) is -1.89. The molecule has 0 spiro atoms. The number of carboxylic acids is 1. The molecule has 2 aromatic rings. The molecule has 3 rings (SSSR count). The maximum atomic E-state index is 11.8. The summed E-state index contributed by atoms with van der Waals surface area (Å²) in [7, 11) is 0. The summed E-state index contributed by atoms with van der Waals surface area (Å²) in [4.78, 5) is 22.5. The van der Waals surface area contributed by atoms with Crippen molar-refractivity contribution in [2.75, 3.05) is 0 Å². The van der Waals surface area contributed by atoms with Crippen molar-refractivity contribution in [3.05, 3.63) is 48.0 Å². The molecular weight excluding hydrogens is 254 g/mol. The van der Waals surface area contributed by atoms with Gasteiger partial charge in [0.2, 0.25) is 5.91 Å². The van der Waals surface area contributed by atoms with Gasteiger partial charge in [0.25, 0.3) is 0 Å². The lowest BCUT2D eigenvalue weighted by molar-refractivity contribution is -0.140. The third kappa shape index (κ3) is 2.50. The van der Waals surface area contributed by atoms with Crippen LogP contribution in [0.3, 0.4) is 0 Å². The summed E-state index contributed by atoms with van der Waals surface area (Å²) in [6.45, 7) is 0.437. The summed E-state index contributed by atoms with van der Waals surface area (Å²) in [6, 6.07) is 14.1. The van der Waals surface area contributed by atoms with Crippen molar-refractivity contribution >= 4 is 22.6 Å². The SMILES string of the molecule is O=C(O)C1CC1C(=O)NCc1ccc2ccccc2c1. The third-order valence-electron chi connectivity index (χ3n) is 3.73. The second kappa shape index (κ2) is 4.96. The van der Waals surface area contributed by atoms with Gasteiger partial charge in [0, 0.05) is 6.54 Å². The normalized spacial score (nSPS) is 20.6. The predicted molar refractivity (Wildman–Crippen MR) is 75.0 cm³/mol. The first kappa shape index (κ1) is 12.7. The van der Waals surface area contributed by atoms with Gasteiger partial charge in [0.1, 0.15) is 0 Å². The van der Waals surface area contributed by atoms with Gasteiger partial charge in [-0.2, -0.15) is 0 Å². The van der Waals surface area contributed by atoms with Crippen LogP contribution >= 0.6 is 0 Å². The Bertz CT molecular complexity index is 680. The minimum absolute atomic E-state index is 0.162. The molecule has 2 atom stereocenters. The van der Waals surface area contributed by atoms with E-state index in [1.165, 1.54) is 0 Å². The molecule has 2 unspecified atom stereocenters. The Morgan fingerprint density at radius 3 is 2.55 bits per heavy atom. The zero-order chi connectivity index (χ0) is 14.1. The number of amides is 1. The van der Waals surface area contributed by atoms with Crippen molar-refractivity contribution in [3.63, 3.8) is 0 Å². The highest BCUT2D eigenvalue weighted by molar-refractivity contribution is 5.89. The number of fused-ring (bicyclic) bond motifs is 1. The fraction of sp³-hybridized carbons (Fsp3) is 0.250. The van der Waals surface area contributed by atoms with E-state index in [0.717, 1.165) is 16.3 Å². The number of benzene rings is 2. The van der Waals surface area contributed by atoms with Gasteiger partial charge in [-0.25, -0.2) is 0 Å². The van der Waals surface area contributed by atoms with E-state index in [0.29, 0.717) is 13.0 Å². The molecule has 1 aliphatic carbocycles. The van der Waals surface area contributed by atoms with Crippen LogP contribution in [0, 0.1) is 11.8 Å². The first-order valence-electron chi connectivity index (χ1n) is 6.63. The van der Waals surface area contributed by atoms with Gasteiger partial charge in [-0.05, 0) is 28.8 Å². The summed E-state index contributed by atoms with van der Waals surface area (Å²) in [6.07, 6.45) is 0.457. The van der Waals surface area contributed by atoms with Gasteiger partial charge in [0.15, 0.2) is 0 Å². The molecule has 1 saturated carbocycles. The Morgan fingerprint density at radius 1 is 1.10 bits per heavy atom. The van der Waals surface area contributed by atoms with E-state index >= 15 is 0 Å². The number of carbonyl (C=O) groups is 2. The molecule has 1 fully saturated rings. The maximum Gasteiger partial charge on any atom is 0.307 e. The van der Waals surface area contributed by atoms with E-state index in [1.54, 1.807) is 0 Å². The number of hydrogen-bond acceptors (Lipinski definition) is 2. The van der Waals surface area contributed by atoms with Crippen molar-refractivity contribution < 1.29 is 14.7 Å². The van der Waals surface area contributed by atoms with Crippen molar-refractivity contribution in [1.29, 1.82) is 0 Å². The Kier molecular flexibility index (Phi) is 3.14. The minimum Gasteiger partial charge on any atom is -0.481 e. The lowest BCUT2D eigenvalue weighted by atomic mass is 10.1. The number of hydrogen-bond donors (Lipinski definition) is 2. The largest absolute Gasteiger partial charge is 0.481 e. The van der Waals surface area contributed by atoms with Crippen LogP contribution in [-0.4, -0.2) is 17.0 Å². The zero-order valence-corrected chi connectivity index (χ0v) is 10.9. The first-order chi connectivity index (χ1) is 9.65. The van der Waals surface area contributed by atoms with Crippen LogP contribution in [0.4, 0.5) is 0 Å². The molecule has 20 heavy (non-hydrogen) atoms. The molecule has 0 radical (unpaired) electrons. The number of nitrogens with one attached hydrogen (secondary N) is 1. The number of rotatable bonds is 4. The molecule has 0 aliphatic heterocycles. The van der Waals surface area contributed by atoms with Crippen molar-refractivity contribution in [1.82, 2.24) is 5.32 Å². The Labute approximate surface area is 116 Å². The van der Waals surface area contributed by atoms with Gasteiger partial charge >= 0.3 is 5.97 Å². The summed E-state index contributed by atoms with van der Waals surface area (Å²) >= 11 is 0. The molecule has 2 N–H and O–H groups in total. The second-order valence-corrected chi connectivity index (χ2v) is 5.19. The Balaban J connectivity index is 1.63. The third-order valence-corrected chi connectivity index (χ3v) is 3.73. The van der Waals surface area contributed by atoms with Gasteiger partial charge < -0.3 is 10.4 Å². The Morgan fingerprint density at radius 2 is 1.85 bits per heavy atom. The van der Waals surface area contributed by atoms with E-state index in [1.807, 2.05) is 42.5 Å². The predicted octanol–water partition coefficient (Wildman–Crippen LogP) is 2.18. The number of carboxylic acid groups (broad SMARTS) is 1. The van der Waals surface area contributed by atoms with E-state index in [4.69, 9.17) is 5.11 Å². The monoisotopic (exact) mass is 269 g/mol. The van der Waals surface area contributed by atoms with Crippen LogP contribution in [0.5, 0.6) is 0 Å². The summed E-state index contributed by atoms with van der Waals surface area (Å²) in [5, 5.41) is 13.9. The molecule has 1 aliphatic rings. The van der Waals surface area contributed by atoms with Crippen molar-refractivity contribution in [3.8, 4) is 0 Å². The van der Waals surface area contributed by atoms with Crippen LogP contribution < -0.4 is 5.32 Å².